The van der Waals surface area contributed by atoms with Gasteiger partial charge in [0.2, 0.25) is 0 Å². The van der Waals surface area contributed by atoms with Crippen LogP contribution in [0.15, 0.2) is 30.3 Å². The minimum absolute atomic E-state index is 0.950. The average Bonchev–Trinajstić information content (AvgIpc) is 2.79. The van der Waals surface area contributed by atoms with Crippen LogP contribution in [-0.4, -0.2) is 58.9 Å². The number of likely N-dealkylation sites (tertiary alicyclic amines) is 1. The minimum Gasteiger partial charge on any atom is -0.334 e. The molecular weight excluding hydrogens is 270 g/mol. The molecule has 122 valence electrons. The Kier molecular flexibility index (Phi) is 5.88. The number of hydrogen-bond acceptors (Lipinski definition) is 0. The topological polar surface area (TPSA) is 13.3 Å². The number of quaternary nitrogens is 3. The SMILES string of the molecule is C[NH+]1CCC[NH+](C2CC[NH+](CCc3ccccc3)CC2)CC1. The lowest BCUT2D eigenvalue weighted by Crippen LogP contribution is -3.22. The molecule has 0 amide bonds. The van der Waals surface area contributed by atoms with Crippen LogP contribution in [0.2, 0.25) is 0 Å². The molecule has 1 aromatic rings. The van der Waals surface area contributed by atoms with Crippen LogP contribution in [0.3, 0.4) is 0 Å². The summed E-state index contributed by atoms with van der Waals surface area (Å²) in [6.07, 6.45) is 5.55. The molecule has 3 nitrogen and oxygen atoms in total. The van der Waals surface area contributed by atoms with Gasteiger partial charge < -0.3 is 14.7 Å². The van der Waals surface area contributed by atoms with E-state index in [0.29, 0.717) is 0 Å². The van der Waals surface area contributed by atoms with Crippen LogP contribution in [0.4, 0.5) is 0 Å². The maximum Gasteiger partial charge on any atom is 0.127 e. The third-order valence-corrected chi connectivity index (χ3v) is 5.85. The van der Waals surface area contributed by atoms with Gasteiger partial charge >= 0.3 is 0 Å². The summed E-state index contributed by atoms with van der Waals surface area (Å²) in [5.41, 5.74) is 1.50. The van der Waals surface area contributed by atoms with Crippen LogP contribution in [-0.2, 0) is 6.42 Å². The van der Waals surface area contributed by atoms with E-state index in [9.17, 15) is 0 Å². The smallest absolute Gasteiger partial charge is 0.127 e. The van der Waals surface area contributed by atoms with Crippen molar-refractivity contribution in [1.82, 2.24) is 0 Å². The number of rotatable bonds is 4. The monoisotopic (exact) mass is 304 g/mol. The summed E-state index contributed by atoms with van der Waals surface area (Å²) in [4.78, 5) is 5.48. The van der Waals surface area contributed by atoms with Crippen LogP contribution < -0.4 is 14.7 Å². The molecule has 0 aromatic heterocycles. The van der Waals surface area contributed by atoms with E-state index < -0.39 is 0 Å². The van der Waals surface area contributed by atoms with Crippen molar-refractivity contribution in [2.75, 3.05) is 52.9 Å². The van der Waals surface area contributed by atoms with Gasteiger partial charge in [-0.2, -0.15) is 0 Å². The first-order valence-corrected chi connectivity index (χ1v) is 9.34. The predicted octanol–water partition coefficient (Wildman–Crippen LogP) is -1.92. The van der Waals surface area contributed by atoms with Crippen molar-refractivity contribution < 1.29 is 14.7 Å². The molecule has 0 radical (unpaired) electrons. The molecule has 3 N–H and O–H groups in total. The summed E-state index contributed by atoms with van der Waals surface area (Å²) >= 11 is 0. The highest BCUT2D eigenvalue weighted by atomic mass is 15.2. The van der Waals surface area contributed by atoms with Crippen molar-refractivity contribution in [3.8, 4) is 0 Å². The van der Waals surface area contributed by atoms with E-state index in [2.05, 4.69) is 37.4 Å². The second-order valence-electron chi connectivity index (χ2n) is 7.48. The summed E-state index contributed by atoms with van der Waals surface area (Å²) in [7, 11) is 2.36. The minimum atomic E-state index is 0.950. The van der Waals surface area contributed by atoms with Crippen molar-refractivity contribution in [3.63, 3.8) is 0 Å². The van der Waals surface area contributed by atoms with Gasteiger partial charge in [0.05, 0.1) is 45.8 Å². The highest BCUT2D eigenvalue weighted by Gasteiger charge is 2.31. The van der Waals surface area contributed by atoms with Crippen molar-refractivity contribution in [2.24, 2.45) is 0 Å². The summed E-state index contributed by atoms with van der Waals surface area (Å²) in [6, 6.07) is 11.9. The standard InChI is InChI=1S/C19H31N3/c1-20-11-5-12-22(17-16-20)19-9-14-21(15-10-19)13-8-18-6-3-2-4-7-18/h2-4,6-7,19H,5,8-17H2,1H3/p+3. The Morgan fingerprint density at radius 1 is 0.909 bits per heavy atom. The van der Waals surface area contributed by atoms with E-state index >= 15 is 0 Å². The molecule has 2 unspecified atom stereocenters. The Bertz CT molecular complexity index is 426. The van der Waals surface area contributed by atoms with Crippen molar-refractivity contribution in [2.45, 2.75) is 31.7 Å². The number of benzene rings is 1. The number of likely N-dealkylation sites (N-methyl/N-ethyl adjacent to an activating group) is 1. The van der Waals surface area contributed by atoms with Crippen molar-refractivity contribution in [3.05, 3.63) is 35.9 Å². The second-order valence-corrected chi connectivity index (χ2v) is 7.48. The van der Waals surface area contributed by atoms with Gasteiger partial charge in [0.25, 0.3) is 0 Å². The van der Waals surface area contributed by atoms with Gasteiger partial charge in [-0.3, -0.25) is 0 Å². The fraction of sp³-hybridized carbons (Fsp3) is 0.684. The lowest BCUT2D eigenvalue weighted by atomic mass is 10.0. The van der Waals surface area contributed by atoms with Crippen molar-refractivity contribution in [1.29, 1.82) is 0 Å². The highest BCUT2D eigenvalue weighted by Crippen LogP contribution is 1.99. The normalized spacial score (nSPS) is 33.3. The molecule has 0 saturated carbocycles. The first-order valence-electron chi connectivity index (χ1n) is 9.34. The van der Waals surface area contributed by atoms with Crippen LogP contribution in [0, 0.1) is 0 Å². The van der Waals surface area contributed by atoms with E-state index in [0.717, 1.165) is 6.04 Å². The predicted molar refractivity (Wildman–Crippen MR) is 90.7 cm³/mol. The number of piperidine rings is 1. The van der Waals surface area contributed by atoms with Gasteiger partial charge in [-0.05, 0) is 5.56 Å². The molecule has 3 heteroatoms. The zero-order valence-electron chi connectivity index (χ0n) is 14.2. The molecule has 0 aliphatic carbocycles. The molecule has 1 aromatic carbocycles. The largest absolute Gasteiger partial charge is 0.334 e. The van der Waals surface area contributed by atoms with Crippen LogP contribution in [0.5, 0.6) is 0 Å². The zero-order chi connectivity index (χ0) is 15.2. The Morgan fingerprint density at radius 2 is 1.68 bits per heavy atom. The van der Waals surface area contributed by atoms with Gasteiger partial charge in [0.15, 0.2) is 0 Å². The van der Waals surface area contributed by atoms with Crippen LogP contribution in [0.25, 0.3) is 0 Å². The van der Waals surface area contributed by atoms with Crippen LogP contribution >= 0.6 is 0 Å². The van der Waals surface area contributed by atoms with Gasteiger partial charge in [-0.1, -0.05) is 30.3 Å². The molecule has 2 atom stereocenters. The fourth-order valence-corrected chi connectivity index (χ4v) is 4.30. The van der Waals surface area contributed by atoms with Gasteiger partial charge in [-0.25, -0.2) is 0 Å². The Labute approximate surface area is 135 Å². The maximum atomic E-state index is 2.36. The first kappa shape index (κ1) is 16.0. The Morgan fingerprint density at radius 3 is 2.45 bits per heavy atom. The van der Waals surface area contributed by atoms with Crippen LogP contribution in [0.1, 0.15) is 24.8 Å². The van der Waals surface area contributed by atoms with Gasteiger partial charge in [0.1, 0.15) is 13.1 Å². The van der Waals surface area contributed by atoms with E-state index in [1.54, 1.807) is 4.90 Å². The lowest BCUT2D eigenvalue weighted by molar-refractivity contribution is -0.967. The third kappa shape index (κ3) is 4.55. The second kappa shape index (κ2) is 8.09. The van der Waals surface area contributed by atoms with Gasteiger partial charge in [-0.15, -0.1) is 0 Å². The van der Waals surface area contributed by atoms with E-state index in [1.165, 1.54) is 77.1 Å². The van der Waals surface area contributed by atoms with E-state index in [1.807, 2.05) is 9.80 Å². The summed E-state index contributed by atoms with van der Waals surface area (Å²) in [5, 5.41) is 0. The molecule has 3 rings (SSSR count). The Balaban J connectivity index is 1.40. The summed E-state index contributed by atoms with van der Waals surface area (Å²) in [6.45, 7) is 9.67. The first-order chi connectivity index (χ1) is 10.8. The molecule has 22 heavy (non-hydrogen) atoms. The maximum absolute atomic E-state index is 2.36. The van der Waals surface area contributed by atoms with Gasteiger partial charge in [0, 0.05) is 25.7 Å². The van der Waals surface area contributed by atoms with Crippen molar-refractivity contribution >= 4 is 0 Å². The molecule has 2 aliphatic rings. The van der Waals surface area contributed by atoms with E-state index in [4.69, 9.17) is 0 Å². The Hall–Kier alpha value is -0.900. The number of hydrogen-bond donors (Lipinski definition) is 3. The zero-order valence-corrected chi connectivity index (χ0v) is 14.2. The third-order valence-electron chi connectivity index (χ3n) is 5.85. The molecular formula is C19H34N3+3. The molecule has 0 bridgehead atoms. The molecule has 2 aliphatic heterocycles. The quantitative estimate of drug-likeness (QED) is 0.574. The molecule has 2 heterocycles. The summed E-state index contributed by atoms with van der Waals surface area (Å²) < 4.78 is 0. The fourth-order valence-electron chi connectivity index (χ4n) is 4.30. The molecule has 2 fully saturated rings. The molecule has 0 spiro atoms. The highest BCUT2D eigenvalue weighted by molar-refractivity contribution is 5.14. The average molecular weight is 305 g/mol. The summed E-state index contributed by atoms with van der Waals surface area (Å²) in [5.74, 6) is 0. The number of nitrogens with one attached hydrogen (secondary N) is 3. The van der Waals surface area contributed by atoms with E-state index in [-0.39, 0.29) is 0 Å². The lowest BCUT2D eigenvalue weighted by Gasteiger charge is -2.33. The molecule has 2 saturated heterocycles.